The lowest BCUT2D eigenvalue weighted by Gasteiger charge is -2.15. The zero-order valence-electron chi connectivity index (χ0n) is 19.2. The molecule has 0 saturated carbocycles. The maximum Gasteiger partial charge on any atom is 0.254 e. The fraction of sp³-hybridized carbons (Fsp3) is 0.125. The molecule has 0 aliphatic carbocycles. The van der Waals surface area contributed by atoms with Crippen LogP contribution in [-0.4, -0.2) is 35.3 Å². The first-order valence-electron chi connectivity index (χ1n) is 10.8. The predicted molar refractivity (Wildman–Crippen MR) is 139 cm³/mol. The molecule has 0 aliphatic rings. The minimum Gasteiger partial charge on any atom is -0.487 e. The summed E-state index contributed by atoms with van der Waals surface area (Å²) in [7, 11) is -3.58. The number of pyridine rings is 1. The van der Waals surface area contributed by atoms with Crippen LogP contribution >= 0.6 is 11.6 Å². The highest BCUT2D eigenvalue weighted by atomic mass is 35.5. The average molecular weight is 527 g/mol. The molecule has 0 atom stereocenters. The van der Waals surface area contributed by atoms with E-state index in [0.717, 1.165) is 5.56 Å². The number of benzene rings is 2. The highest BCUT2D eigenvalue weighted by Crippen LogP contribution is 2.35. The number of anilines is 3. The number of aromatic amines is 1. The molecule has 2 heterocycles. The molecule has 0 unspecified atom stereocenters. The number of nitrogens with one attached hydrogen (secondary N) is 3. The first-order valence-corrected chi connectivity index (χ1v) is 12.9. The number of amides is 1. The van der Waals surface area contributed by atoms with E-state index in [-0.39, 0.29) is 35.2 Å². The Balaban J connectivity index is 1.72. The average Bonchev–Trinajstić information content (AvgIpc) is 3.28. The van der Waals surface area contributed by atoms with Gasteiger partial charge in [-0.25, -0.2) is 13.4 Å². The quantitative estimate of drug-likeness (QED) is 0.240. The second kappa shape index (κ2) is 10.7. The largest absolute Gasteiger partial charge is 0.487 e. The van der Waals surface area contributed by atoms with Gasteiger partial charge in [-0.2, -0.15) is 5.10 Å². The third kappa shape index (κ3) is 5.93. The number of sulfonamides is 1. The van der Waals surface area contributed by atoms with E-state index < -0.39 is 15.9 Å². The molecular weight excluding hydrogens is 504 g/mol. The minimum absolute atomic E-state index is 0.114. The number of nitrogens with zero attached hydrogens (tertiary/aromatic N) is 2. The Labute approximate surface area is 212 Å². The van der Waals surface area contributed by atoms with E-state index in [2.05, 4.69) is 25.2 Å². The van der Waals surface area contributed by atoms with Crippen molar-refractivity contribution in [2.75, 3.05) is 15.8 Å². The van der Waals surface area contributed by atoms with E-state index >= 15 is 0 Å². The van der Waals surface area contributed by atoms with Crippen LogP contribution in [0.25, 0.3) is 11.3 Å². The fourth-order valence-corrected chi connectivity index (χ4v) is 4.21. The second-order valence-corrected chi connectivity index (χ2v) is 10.1. The van der Waals surface area contributed by atoms with Gasteiger partial charge < -0.3 is 15.8 Å². The van der Waals surface area contributed by atoms with Crippen molar-refractivity contribution in [2.24, 2.45) is 5.73 Å². The van der Waals surface area contributed by atoms with Gasteiger partial charge in [-0.05, 0) is 48.9 Å². The summed E-state index contributed by atoms with van der Waals surface area (Å²) in [4.78, 5) is 16.5. The third-order valence-corrected chi connectivity index (χ3v) is 6.65. The summed E-state index contributed by atoms with van der Waals surface area (Å²) in [5.74, 6) is 0.0987. The van der Waals surface area contributed by atoms with Crippen LogP contribution in [0.1, 0.15) is 22.8 Å². The number of primary amides is 1. The van der Waals surface area contributed by atoms with Gasteiger partial charge in [0.2, 0.25) is 10.0 Å². The zero-order chi connectivity index (χ0) is 25.7. The molecule has 12 heteroatoms. The number of H-pyrrole nitrogens is 1. The Hall–Kier alpha value is -4.09. The number of carbonyl (C=O) groups excluding carboxylic acids is 1. The molecule has 4 aromatic rings. The smallest absolute Gasteiger partial charge is 0.254 e. The maximum absolute atomic E-state index is 12.4. The van der Waals surface area contributed by atoms with Crippen molar-refractivity contribution in [3.05, 3.63) is 83.0 Å². The van der Waals surface area contributed by atoms with Crippen LogP contribution < -0.4 is 20.5 Å². The molecule has 5 N–H and O–H groups in total. The summed E-state index contributed by atoms with van der Waals surface area (Å²) < 4.78 is 33.0. The summed E-state index contributed by atoms with van der Waals surface area (Å²) >= 11 is 6.06. The Morgan fingerprint density at radius 3 is 2.67 bits per heavy atom. The lowest BCUT2D eigenvalue weighted by Crippen LogP contribution is -2.15. The van der Waals surface area contributed by atoms with Gasteiger partial charge in [-0.3, -0.25) is 14.6 Å². The predicted octanol–water partition coefficient (Wildman–Crippen LogP) is 4.31. The molecule has 0 saturated heterocycles. The summed E-state index contributed by atoms with van der Waals surface area (Å²) in [6.07, 6.45) is 1.60. The summed E-state index contributed by atoms with van der Waals surface area (Å²) in [6.45, 7) is 1.66. The van der Waals surface area contributed by atoms with Gasteiger partial charge in [0.15, 0.2) is 5.82 Å². The summed E-state index contributed by atoms with van der Waals surface area (Å²) in [5, 5.41) is 10.5. The Morgan fingerprint density at radius 1 is 1.14 bits per heavy atom. The third-order valence-electron chi connectivity index (χ3n) is 5.12. The van der Waals surface area contributed by atoms with Gasteiger partial charge in [0.05, 0.1) is 17.1 Å². The standard InChI is InChI=1S/C24H23ClN6O4S/c1-2-36(33,34)31-18-10-9-16(13-19(18)35-14-15-6-5-7-17(25)12-15)22-21(23(26)32)24(30-29-22)28-20-8-3-4-11-27-20/h3-13,31H,2,14H2,1H3,(H2,26,32)(H2,27,28,29,30). The van der Waals surface area contributed by atoms with Crippen LogP contribution in [0.2, 0.25) is 5.02 Å². The van der Waals surface area contributed by atoms with E-state index in [1.54, 1.807) is 60.8 Å². The lowest BCUT2D eigenvalue weighted by molar-refractivity contribution is 0.100. The van der Waals surface area contributed by atoms with Crippen molar-refractivity contribution >= 4 is 44.9 Å². The van der Waals surface area contributed by atoms with Crippen LogP contribution in [0.3, 0.4) is 0 Å². The molecule has 36 heavy (non-hydrogen) atoms. The van der Waals surface area contributed by atoms with Crippen LogP contribution in [0, 0.1) is 0 Å². The van der Waals surface area contributed by atoms with E-state index in [1.807, 2.05) is 6.07 Å². The summed E-state index contributed by atoms with van der Waals surface area (Å²) in [5.41, 5.74) is 7.66. The van der Waals surface area contributed by atoms with Gasteiger partial charge in [0.25, 0.3) is 5.91 Å². The van der Waals surface area contributed by atoms with E-state index in [4.69, 9.17) is 22.1 Å². The first kappa shape index (κ1) is 25.0. The van der Waals surface area contributed by atoms with Crippen LogP contribution in [0.5, 0.6) is 5.75 Å². The van der Waals surface area contributed by atoms with E-state index in [9.17, 15) is 13.2 Å². The number of hydrogen-bond acceptors (Lipinski definition) is 7. The molecular formula is C24H23ClN6O4S. The zero-order valence-corrected chi connectivity index (χ0v) is 20.7. The van der Waals surface area contributed by atoms with Gasteiger partial charge in [0.1, 0.15) is 23.7 Å². The molecule has 0 fully saturated rings. The maximum atomic E-state index is 12.4. The molecule has 10 nitrogen and oxygen atoms in total. The fourth-order valence-electron chi connectivity index (χ4n) is 3.35. The molecule has 2 aromatic carbocycles. The minimum atomic E-state index is -3.58. The van der Waals surface area contributed by atoms with Crippen molar-refractivity contribution in [1.29, 1.82) is 0 Å². The molecule has 0 spiro atoms. The number of nitrogens with two attached hydrogens (primary N) is 1. The van der Waals surface area contributed by atoms with Crippen LogP contribution in [0.4, 0.5) is 17.3 Å². The van der Waals surface area contributed by atoms with Crippen molar-refractivity contribution in [3.63, 3.8) is 0 Å². The van der Waals surface area contributed by atoms with Crippen LogP contribution in [-0.2, 0) is 16.6 Å². The van der Waals surface area contributed by atoms with Crippen LogP contribution in [0.15, 0.2) is 66.9 Å². The Bertz CT molecular complexity index is 1490. The number of aromatic nitrogens is 3. The van der Waals surface area contributed by atoms with Gasteiger partial charge >= 0.3 is 0 Å². The molecule has 0 aliphatic heterocycles. The molecule has 186 valence electrons. The Morgan fingerprint density at radius 2 is 1.97 bits per heavy atom. The number of rotatable bonds is 10. The highest BCUT2D eigenvalue weighted by Gasteiger charge is 2.22. The first-order chi connectivity index (χ1) is 17.3. The monoisotopic (exact) mass is 526 g/mol. The van der Waals surface area contributed by atoms with Crippen molar-refractivity contribution in [2.45, 2.75) is 13.5 Å². The van der Waals surface area contributed by atoms with Gasteiger partial charge in [0, 0.05) is 16.8 Å². The molecule has 0 radical (unpaired) electrons. The second-order valence-electron chi connectivity index (χ2n) is 7.66. The SMILES string of the molecule is CCS(=O)(=O)Nc1ccc(-c2[nH]nc(Nc3ccccn3)c2C(N)=O)cc1OCc1cccc(Cl)c1. The van der Waals surface area contributed by atoms with Crippen molar-refractivity contribution in [3.8, 4) is 17.0 Å². The number of ether oxygens (including phenoxy) is 1. The molecule has 1 amide bonds. The van der Waals surface area contributed by atoms with E-state index in [0.29, 0.717) is 22.1 Å². The van der Waals surface area contributed by atoms with Gasteiger partial charge in [-0.15, -0.1) is 0 Å². The Kier molecular flexibility index (Phi) is 7.41. The van der Waals surface area contributed by atoms with Crippen molar-refractivity contribution in [1.82, 2.24) is 15.2 Å². The lowest BCUT2D eigenvalue weighted by atomic mass is 10.1. The molecule has 4 rings (SSSR count). The number of hydrogen-bond donors (Lipinski definition) is 4. The topological polar surface area (TPSA) is 152 Å². The number of carbonyl (C=O) groups is 1. The highest BCUT2D eigenvalue weighted by molar-refractivity contribution is 7.92. The van der Waals surface area contributed by atoms with E-state index in [1.165, 1.54) is 6.92 Å². The van der Waals surface area contributed by atoms with Crippen molar-refractivity contribution < 1.29 is 17.9 Å². The molecule has 0 bridgehead atoms. The normalized spacial score (nSPS) is 11.2. The number of halogens is 1. The molecule has 2 aromatic heterocycles. The van der Waals surface area contributed by atoms with Gasteiger partial charge in [-0.1, -0.05) is 35.9 Å². The summed E-state index contributed by atoms with van der Waals surface area (Å²) in [6, 6.07) is 17.2.